The standard InChI is InChI=1S/C12H23N3O/c1-5-6-7-8-14-12(16)11(3)15(4)10(2)9-13/h10-11H,5-8H2,1-4H3,(H,14,16). The van der Waals surface area contributed by atoms with Crippen molar-refractivity contribution in [3.8, 4) is 6.07 Å². The van der Waals surface area contributed by atoms with Gasteiger partial charge in [0.05, 0.1) is 18.2 Å². The lowest BCUT2D eigenvalue weighted by Gasteiger charge is -2.25. The quantitative estimate of drug-likeness (QED) is 0.668. The number of hydrogen-bond donors (Lipinski definition) is 1. The largest absolute Gasteiger partial charge is 0.355 e. The molecule has 0 heterocycles. The monoisotopic (exact) mass is 225 g/mol. The molecule has 0 radical (unpaired) electrons. The SMILES string of the molecule is CCCCCNC(=O)C(C)N(C)C(C)C#N. The maximum Gasteiger partial charge on any atom is 0.237 e. The van der Waals surface area contributed by atoms with Crippen LogP contribution in [-0.4, -0.2) is 36.5 Å². The van der Waals surface area contributed by atoms with Gasteiger partial charge in [0.25, 0.3) is 0 Å². The van der Waals surface area contributed by atoms with Crippen molar-refractivity contribution in [2.75, 3.05) is 13.6 Å². The Morgan fingerprint density at radius 2 is 2.06 bits per heavy atom. The molecule has 2 unspecified atom stereocenters. The highest BCUT2D eigenvalue weighted by Crippen LogP contribution is 2.01. The van der Waals surface area contributed by atoms with Crippen molar-refractivity contribution in [3.63, 3.8) is 0 Å². The van der Waals surface area contributed by atoms with Crippen molar-refractivity contribution >= 4 is 5.91 Å². The molecule has 0 aliphatic heterocycles. The van der Waals surface area contributed by atoms with Crippen LogP contribution in [-0.2, 0) is 4.79 Å². The first-order chi connectivity index (χ1) is 7.54. The van der Waals surface area contributed by atoms with E-state index in [0.717, 1.165) is 25.8 Å². The number of amides is 1. The van der Waals surface area contributed by atoms with Gasteiger partial charge in [0.2, 0.25) is 5.91 Å². The summed E-state index contributed by atoms with van der Waals surface area (Å²) in [5.41, 5.74) is 0. The summed E-state index contributed by atoms with van der Waals surface area (Å²) in [6, 6.07) is 1.63. The first kappa shape index (κ1) is 14.9. The fraction of sp³-hybridized carbons (Fsp3) is 0.833. The average molecular weight is 225 g/mol. The fourth-order valence-electron chi connectivity index (χ4n) is 1.35. The van der Waals surface area contributed by atoms with Gasteiger partial charge in [-0.2, -0.15) is 5.26 Å². The Balaban J connectivity index is 3.94. The third-order valence-corrected chi connectivity index (χ3v) is 2.87. The molecule has 0 fully saturated rings. The van der Waals surface area contributed by atoms with Crippen LogP contribution in [0.1, 0.15) is 40.0 Å². The van der Waals surface area contributed by atoms with Crippen LogP contribution >= 0.6 is 0 Å². The van der Waals surface area contributed by atoms with Crippen LogP contribution in [0.3, 0.4) is 0 Å². The summed E-state index contributed by atoms with van der Waals surface area (Å²) in [6.07, 6.45) is 3.31. The number of nitrogens with zero attached hydrogens (tertiary/aromatic N) is 2. The number of hydrogen-bond acceptors (Lipinski definition) is 3. The number of nitrogens with one attached hydrogen (secondary N) is 1. The maximum atomic E-state index is 11.7. The molecule has 0 aromatic carbocycles. The molecule has 0 rings (SSSR count). The Morgan fingerprint density at radius 3 is 2.56 bits per heavy atom. The Kier molecular flexibility index (Phi) is 7.57. The van der Waals surface area contributed by atoms with E-state index in [-0.39, 0.29) is 18.0 Å². The summed E-state index contributed by atoms with van der Waals surface area (Å²) in [4.78, 5) is 13.5. The van der Waals surface area contributed by atoms with E-state index < -0.39 is 0 Å². The third-order valence-electron chi connectivity index (χ3n) is 2.87. The first-order valence-electron chi connectivity index (χ1n) is 5.93. The van der Waals surface area contributed by atoms with Gasteiger partial charge in [-0.15, -0.1) is 0 Å². The van der Waals surface area contributed by atoms with Crippen molar-refractivity contribution in [1.29, 1.82) is 5.26 Å². The van der Waals surface area contributed by atoms with E-state index in [1.54, 1.807) is 18.9 Å². The second-order valence-corrected chi connectivity index (χ2v) is 4.14. The second-order valence-electron chi connectivity index (χ2n) is 4.14. The predicted octanol–water partition coefficient (Wildman–Crippen LogP) is 1.53. The van der Waals surface area contributed by atoms with Crippen molar-refractivity contribution in [1.82, 2.24) is 10.2 Å². The molecule has 2 atom stereocenters. The van der Waals surface area contributed by atoms with Gasteiger partial charge in [-0.3, -0.25) is 9.69 Å². The van der Waals surface area contributed by atoms with Crippen molar-refractivity contribution in [2.45, 2.75) is 52.1 Å². The highest BCUT2D eigenvalue weighted by Gasteiger charge is 2.21. The van der Waals surface area contributed by atoms with E-state index in [9.17, 15) is 4.79 Å². The van der Waals surface area contributed by atoms with Crippen LogP contribution in [0.2, 0.25) is 0 Å². The van der Waals surface area contributed by atoms with Crippen LogP contribution in [0.4, 0.5) is 0 Å². The van der Waals surface area contributed by atoms with Gasteiger partial charge in [0, 0.05) is 6.54 Å². The second kappa shape index (κ2) is 8.12. The predicted molar refractivity (Wildman–Crippen MR) is 64.8 cm³/mol. The van der Waals surface area contributed by atoms with Crippen LogP contribution in [0, 0.1) is 11.3 Å². The number of carbonyl (C=O) groups excluding carboxylic acids is 1. The molecule has 1 N–H and O–H groups in total. The molecule has 0 saturated carbocycles. The van der Waals surface area contributed by atoms with E-state index in [0.29, 0.717) is 0 Å². The Hall–Kier alpha value is -1.08. The summed E-state index contributed by atoms with van der Waals surface area (Å²) >= 11 is 0. The van der Waals surface area contributed by atoms with Gasteiger partial charge in [0.1, 0.15) is 0 Å². The number of nitriles is 1. The fourth-order valence-corrected chi connectivity index (χ4v) is 1.35. The lowest BCUT2D eigenvalue weighted by Crippen LogP contribution is -2.46. The molecular formula is C12H23N3O. The average Bonchev–Trinajstić information content (AvgIpc) is 2.31. The summed E-state index contributed by atoms with van der Waals surface area (Å²) in [5, 5.41) is 11.6. The zero-order valence-corrected chi connectivity index (χ0v) is 10.8. The Morgan fingerprint density at radius 1 is 1.44 bits per heavy atom. The number of carbonyl (C=O) groups is 1. The normalized spacial score (nSPS) is 14.2. The number of likely N-dealkylation sites (N-methyl/N-ethyl adjacent to an activating group) is 1. The summed E-state index contributed by atoms with van der Waals surface area (Å²) in [5.74, 6) is 0.000651. The smallest absolute Gasteiger partial charge is 0.237 e. The van der Waals surface area contributed by atoms with Gasteiger partial charge in [-0.25, -0.2) is 0 Å². The van der Waals surface area contributed by atoms with Crippen molar-refractivity contribution in [2.24, 2.45) is 0 Å². The highest BCUT2D eigenvalue weighted by atomic mass is 16.2. The molecule has 1 amide bonds. The van der Waals surface area contributed by atoms with Crippen LogP contribution in [0.25, 0.3) is 0 Å². The minimum Gasteiger partial charge on any atom is -0.355 e. The minimum atomic E-state index is -0.253. The minimum absolute atomic E-state index is 0.000651. The summed E-state index contributed by atoms with van der Waals surface area (Å²) in [7, 11) is 1.80. The van der Waals surface area contributed by atoms with Crippen molar-refractivity contribution in [3.05, 3.63) is 0 Å². The Bertz CT molecular complexity index is 247. The molecule has 0 saturated heterocycles. The van der Waals surface area contributed by atoms with E-state index in [2.05, 4.69) is 18.3 Å². The molecule has 0 spiro atoms. The van der Waals surface area contributed by atoms with Gasteiger partial charge in [0.15, 0.2) is 0 Å². The molecule has 16 heavy (non-hydrogen) atoms. The number of unbranched alkanes of at least 4 members (excludes halogenated alkanes) is 2. The lowest BCUT2D eigenvalue weighted by molar-refractivity contribution is -0.125. The van der Waals surface area contributed by atoms with Gasteiger partial charge in [-0.05, 0) is 27.3 Å². The lowest BCUT2D eigenvalue weighted by atomic mass is 10.2. The molecule has 4 nitrogen and oxygen atoms in total. The molecule has 0 aliphatic carbocycles. The zero-order valence-electron chi connectivity index (χ0n) is 10.8. The maximum absolute atomic E-state index is 11.7. The molecule has 0 aromatic rings. The van der Waals surface area contributed by atoms with E-state index in [1.165, 1.54) is 0 Å². The number of rotatable bonds is 7. The van der Waals surface area contributed by atoms with Gasteiger partial charge < -0.3 is 5.32 Å². The first-order valence-corrected chi connectivity index (χ1v) is 5.93. The topological polar surface area (TPSA) is 56.1 Å². The van der Waals surface area contributed by atoms with Crippen LogP contribution < -0.4 is 5.32 Å². The highest BCUT2D eigenvalue weighted by molar-refractivity contribution is 5.81. The molecule has 0 bridgehead atoms. The van der Waals surface area contributed by atoms with Crippen LogP contribution in [0.5, 0.6) is 0 Å². The third kappa shape index (κ3) is 5.13. The molecule has 4 heteroatoms. The van der Waals surface area contributed by atoms with Gasteiger partial charge >= 0.3 is 0 Å². The zero-order chi connectivity index (χ0) is 12.6. The molecule has 0 aromatic heterocycles. The summed E-state index contributed by atoms with van der Waals surface area (Å²) in [6.45, 7) is 6.47. The molecule has 92 valence electrons. The van der Waals surface area contributed by atoms with E-state index in [4.69, 9.17) is 5.26 Å². The summed E-state index contributed by atoms with van der Waals surface area (Å²) < 4.78 is 0. The van der Waals surface area contributed by atoms with E-state index in [1.807, 2.05) is 6.92 Å². The van der Waals surface area contributed by atoms with E-state index >= 15 is 0 Å². The van der Waals surface area contributed by atoms with Gasteiger partial charge in [-0.1, -0.05) is 19.8 Å². The molecular weight excluding hydrogens is 202 g/mol. The van der Waals surface area contributed by atoms with Crippen LogP contribution in [0.15, 0.2) is 0 Å². The molecule has 0 aliphatic rings. The Labute approximate surface area is 98.6 Å². The van der Waals surface area contributed by atoms with Crippen molar-refractivity contribution < 1.29 is 4.79 Å².